The summed E-state index contributed by atoms with van der Waals surface area (Å²) in [7, 11) is 1.58. The number of hydrogen-bond acceptors (Lipinski definition) is 5. The normalized spacial score (nSPS) is 11.4. The van der Waals surface area contributed by atoms with Crippen LogP contribution in [0.4, 0.5) is 18.3 Å². The van der Waals surface area contributed by atoms with Gasteiger partial charge in [0.25, 0.3) is 5.91 Å². The van der Waals surface area contributed by atoms with Crippen LogP contribution in [0.3, 0.4) is 0 Å². The summed E-state index contributed by atoms with van der Waals surface area (Å²) in [6, 6.07) is 9.24. The lowest BCUT2D eigenvalue weighted by molar-refractivity contribution is -0.141. The van der Waals surface area contributed by atoms with Crippen molar-refractivity contribution in [1.82, 2.24) is 9.97 Å². The molecule has 1 N–H and O–H groups in total. The zero-order valence-electron chi connectivity index (χ0n) is 15.2. The molecule has 3 aromatic rings. The highest BCUT2D eigenvalue weighted by Gasteiger charge is 2.33. The zero-order chi connectivity index (χ0) is 20.5. The molecule has 0 spiro atoms. The number of aromatic nitrogens is 2. The van der Waals surface area contributed by atoms with Crippen LogP contribution in [-0.4, -0.2) is 23.0 Å². The van der Waals surface area contributed by atoms with Crippen molar-refractivity contribution in [2.75, 3.05) is 12.4 Å². The smallest absolute Gasteiger partial charge is 0.433 e. The number of amides is 1. The molecule has 0 aliphatic heterocycles. The van der Waals surface area contributed by atoms with E-state index in [0.717, 1.165) is 28.3 Å². The molecule has 0 atom stereocenters. The van der Waals surface area contributed by atoms with Crippen molar-refractivity contribution in [2.45, 2.75) is 20.0 Å². The van der Waals surface area contributed by atoms with Gasteiger partial charge in [-0.1, -0.05) is 0 Å². The molecule has 0 bridgehead atoms. The van der Waals surface area contributed by atoms with E-state index < -0.39 is 17.8 Å². The first-order chi connectivity index (χ1) is 13.2. The summed E-state index contributed by atoms with van der Waals surface area (Å²) >= 11 is 1.28. The van der Waals surface area contributed by atoms with Crippen LogP contribution < -0.4 is 10.1 Å². The lowest BCUT2D eigenvalue weighted by Gasteiger charge is -2.09. The summed E-state index contributed by atoms with van der Waals surface area (Å²) in [4.78, 5) is 21.3. The second-order valence-corrected chi connectivity index (χ2v) is 7.14. The number of carbonyl (C=O) groups excluding carboxylic acids is 1. The van der Waals surface area contributed by atoms with Gasteiger partial charge in [-0.15, -0.1) is 11.3 Å². The Kier molecular flexibility index (Phi) is 5.37. The summed E-state index contributed by atoms with van der Waals surface area (Å²) in [6.07, 6.45) is -4.56. The third-order valence-corrected chi connectivity index (χ3v) is 4.89. The highest BCUT2D eigenvalue weighted by atomic mass is 32.1. The molecular weight excluding hydrogens is 391 g/mol. The first-order valence-electron chi connectivity index (χ1n) is 8.17. The SMILES string of the molecule is COc1ccc(-c2nc(NC(=O)c3ccc(C(F)(F)F)nc3C)sc2C)cc1. The van der Waals surface area contributed by atoms with E-state index in [2.05, 4.69) is 15.3 Å². The molecule has 0 radical (unpaired) electrons. The molecule has 0 saturated carbocycles. The molecule has 0 fully saturated rings. The summed E-state index contributed by atoms with van der Waals surface area (Å²) in [6.45, 7) is 3.23. The minimum Gasteiger partial charge on any atom is -0.497 e. The summed E-state index contributed by atoms with van der Waals surface area (Å²) in [5.41, 5.74) is 0.601. The molecule has 2 heterocycles. The molecule has 0 aliphatic carbocycles. The molecule has 0 unspecified atom stereocenters. The third kappa shape index (κ3) is 4.14. The van der Waals surface area contributed by atoms with Crippen molar-refractivity contribution in [3.63, 3.8) is 0 Å². The molecule has 9 heteroatoms. The zero-order valence-corrected chi connectivity index (χ0v) is 16.0. The molecule has 3 rings (SSSR count). The Morgan fingerprint density at radius 3 is 2.32 bits per heavy atom. The maximum absolute atomic E-state index is 12.7. The standard InChI is InChI=1S/C19H16F3N3O2S/c1-10-14(8-9-15(23-10)19(20,21)22)17(26)25-18-24-16(11(2)28-18)12-4-6-13(27-3)7-5-12/h4-9H,1-3H3,(H,24,25,26). The maximum atomic E-state index is 12.7. The maximum Gasteiger partial charge on any atom is 0.433 e. The van der Waals surface area contributed by atoms with Crippen molar-refractivity contribution in [3.05, 3.63) is 58.2 Å². The number of benzene rings is 1. The molecule has 0 aliphatic rings. The van der Waals surface area contributed by atoms with Crippen LogP contribution >= 0.6 is 11.3 Å². The van der Waals surface area contributed by atoms with Crippen LogP contribution in [0.25, 0.3) is 11.3 Å². The Bertz CT molecular complexity index is 1010. The van der Waals surface area contributed by atoms with Crippen LogP contribution in [0.2, 0.25) is 0 Å². The average molecular weight is 407 g/mol. The van der Waals surface area contributed by atoms with E-state index in [9.17, 15) is 18.0 Å². The largest absolute Gasteiger partial charge is 0.497 e. The average Bonchev–Trinajstić information content (AvgIpc) is 3.01. The number of methoxy groups -OCH3 is 1. The van der Waals surface area contributed by atoms with Gasteiger partial charge in [0.05, 0.1) is 24.1 Å². The molecular formula is C19H16F3N3O2S. The Labute approximate surface area is 163 Å². The van der Waals surface area contributed by atoms with Crippen LogP contribution in [0.15, 0.2) is 36.4 Å². The number of rotatable bonds is 4. The number of alkyl halides is 3. The molecule has 146 valence electrons. The van der Waals surface area contributed by atoms with Crippen molar-refractivity contribution in [2.24, 2.45) is 0 Å². The highest BCUT2D eigenvalue weighted by Crippen LogP contribution is 2.32. The van der Waals surface area contributed by atoms with E-state index in [1.165, 1.54) is 18.3 Å². The Morgan fingerprint density at radius 1 is 1.07 bits per heavy atom. The number of carbonyl (C=O) groups is 1. The van der Waals surface area contributed by atoms with Gasteiger partial charge in [-0.05, 0) is 50.2 Å². The van der Waals surface area contributed by atoms with Gasteiger partial charge >= 0.3 is 6.18 Å². The summed E-state index contributed by atoms with van der Waals surface area (Å²) in [5.74, 6) is 0.157. The topological polar surface area (TPSA) is 64.1 Å². The van der Waals surface area contributed by atoms with Gasteiger partial charge in [-0.3, -0.25) is 10.1 Å². The van der Waals surface area contributed by atoms with E-state index >= 15 is 0 Å². The van der Waals surface area contributed by atoms with E-state index in [0.29, 0.717) is 10.8 Å². The Morgan fingerprint density at radius 2 is 1.75 bits per heavy atom. The third-order valence-electron chi connectivity index (χ3n) is 4.00. The van der Waals surface area contributed by atoms with Gasteiger partial charge in [0.2, 0.25) is 0 Å². The Balaban J connectivity index is 1.81. The summed E-state index contributed by atoms with van der Waals surface area (Å²) in [5, 5.41) is 2.99. The fourth-order valence-electron chi connectivity index (χ4n) is 2.59. The van der Waals surface area contributed by atoms with Gasteiger partial charge in [0.15, 0.2) is 5.13 Å². The van der Waals surface area contributed by atoms with Crippen LogP contribution in [-0.2, 0) is 6.18 Å². The Hall–Kier alpha value is -2.94. The van der Waals surface area contributed by atoms with Crippen molar-refractivity contribution in [1.29, 1.82) is 0 Å². The number of nitrogens with zero attached hydrogens (tertiary/aromatic N) is 2. The molecule has 0 saturated heterocycles. The van der Waals surface area contributed by atoms with Crippen LogP contribution in [0, 0.1) is 13.8 Å². The van der Waals surface area contributed by atoms with Crippen molar-refractivity contribution in [3.8, 4) is 17.0 Å². The fraction of sp³-hybridized carbons (Fsp3) is 0.211. The number of ether oxygens (including phenoxy) is 1. The number of pyridine rings is 1. The first-order valence-corrected chi connectivity index (χ1v) is 8.98. The molecule has 2 aromatic heterocycles. The fourth-order valence-corrected chi connectivity index (χ4v) is 3.42. The predicted molar refractivity (Wildman–Crippen MR) is 101 cm³/mol. The van der Waals surface area contributed by atoms with Crippen LogP contribution in [0.1, 0.15) is 26.6 Å². The quantitative estimate of drug-likeness (QED) is 0.653. The lowest BCUT2D eigenvalue weighted by atomic mass is 10.1. The second kappa shape index (κ2) is 7.59. The van der Waals surface area contributed by atoms with Gasteiger partial charge < -0.3 is 4.74 Å². The number of thiazole rings is 1. The number of anilines is 1. The van der Waals surface area contributed by atoms with Gasteiger partial charge in [-0.2, -0.15) is 13.2 Å². The van der Waals surface area contributed by atoms with Crippen LogP contribution in [0.5, 0.6) is 5.75 Å². The molecule has 1 amide bonds. The van der Waals surface area contributed by atoms with Gasteiger partial charge in [0.1, 0.15) is 11.4 Å². The first kappa shape index (κ1) is 19.8. The minimum atomic E-state index is -4.56. The molecule has 28 heavy (non-hydrogen) atoms. The predicted octanol–water partition coefficient (Wildman–Crippen LogP) is 5.10. The van der Waals surface area contributed by atoms with Crippen molar-refractivity contribution < 1.29 is 22.7 Å². The monoisotopic (exact) mass is 407 g/mol. The highest BCUT2D eigenvalue weighted by molar-refractivity contribution is 7.16. The van der Waals surface area contributed by atoms with E-state index in [-0.39, 0.29) is 11.3 Å². The van der Waals surface area contributed by atoms with E-state index in [4.69, 9.17) is 4.74 Å². The lowest BCUT2D eigenvalue weighted by Crippen LogP contribution is -2.16. The summed E-state index contributed by atoms with van der Waals surface area (Å²) < 4.78 is 43.3. The number of aryl methyl sites for hydroxylation is 2. The number of halogens is 3. The van der Waals surface area contributed by atoms with E-state index in [1.807, 2.05) is 31.2 Å². The van der Waals surface area contributed by atoms with Gasteiger partial charge in [0, 0.05) is 10.4 Å². The number of nitrogens with one attached hydrogen (secondary N) is 1. The van der Waals surface area contributed by atoms with Gasteiger partial charge in [-0.25, -0.2) is 9.97 Å². The number of hydrogen-bond donors (Lipinski definition) is 1. The molecule has 5 nitrogen and oxygen atoms in total. The van der Waals surface area contributed by atoms with E-state index in [1.54, 1.807) is 7.11 Å². The van der Waals surface area contributed by atoms with Crippen molar-refractivity contribution >= 4 is 22.4 Å². The second-order valence-electron chi connectivity index (χ2n) is 5.93. The molecule has 1 aromatic carbocycles. The minimum absolute atomic E-state index is 0.00372.